The molecule has 18 heavy (non-hydrogen) atoms. The number of rotatable bonds is 0. The molecule has 2 fully saturated rings. The molecule has 99 valence electrons. The molecule has 2 aliphatic rings. The Morgan fingerprint density at radius 3 is 2.44 bits per heavy atom. The van der Waals surface area contributed by atoms with Crippen molar-refractivity contribution in [2.45, 2.75) is 82.6 Å². The topological polar surface area (TPSA) is 0 Å². The summed E-state index contributed by atoms with van der Waals surface area (Å²) in [5, 5.41) is 0.396. The van der Waals surface area contributed by atoms with Crippen LogP contribution in [0.25, 0.3) is 0 Å². The minimum absolute atomic E-state index is 0.396. The summed E-state index contributed by atoms with van der Waals surface area (Å²) in [6, 6.07) is 0. The molecule has 0 aromatic heterocycles. The highest BCUT2D eigenvalue weighted by Crippen LogP contribution is 2.44. The van der Waals surface area contributed by atoms with Crippen molar-refractivity contribution in [2.75, 3.05) is 0 Å². The van der Waals surface area contributed by atoms with E-state index in [9.17, 15) is 0 Å². The van der Waals surface area contributed by atoms with Crippen molar-refractivity contribution in [1.82, 2.24) is 0 Å². The Hall–Kier alpha value is -0.158. The Kier molecular flexibility index (Phi) is 4.02. The molecule has 0 amide bonds. The molecular formula is C16H28BSi. The van der Waals surface area contributed by atoms with E-state index in [2.05, 4.69) is 52.6 Å². The Morgan fingerprint density at radius 1 is 1.06 bits per heavy atom. The third-order valence-electron chi connectivity index (χ3n) is 5.44. The highest BCUT2D eigenvalue weighted by molar-refractivity contribution is 6.87. The van der Waals surface area contributed by atoms with E-state index in [0.29, 0.717) is 11.0 Å². The predicted octanol–water partition coefficient (Wildman–Crippen LogP) is 4.91. The summed E-state index contributed by atoms with van der Waals surface area (Å²) < 4.78 is 0. The molecule has 0 nitrogen and oxygen atoms in total. The molecule has 0 saturated carbocycles. The molecule has 2 heterocycles. The molecule has 0 aromatic rings. The summed E-state index contributed by atoms with van der Waals surface area (Å²) in [7, 11) is 1.23. The van der Waals surface area contributed by atoms with Crippen LogP contribution >= 0.6 is 0 Å². The average molecular weight is 259 g/mol. The first-order valence-corrected chi connectivity index (χ1v) is 10.7. The van der Waals surface area contributed by atoms with Crippen LogP contribution in [0.3, 0.4) is 0 Å². The van der Waals surface area contributed by atoms with Crippen molar-refractivity contribution in [2.24, 2.45) is 5.92 Å². The molecule has 0 aromatic carbocycles. The fraction of sp³-hybridized carbons (Fsp3) is 0.875. The van der Waals surface area contributed by atoms with Crippen molar-refractivity contribution in [1.29, 1.82) is 0 Å². The van der Waals surface area contributed by atoms with Gasteiger partial charge in [0.1, 0.15) is 15.4 Å². The second-order valence-corrected chi connectivity index (χ2v) is 12.9. The van der Waals surface area contributed by atoms with Gasteiger partial charge in [-0.15, -0.1) is 11.5 Å². The minimum Gasteiger partial charge on any atom is -0.131 e. The van der Waals surface area contributed by atoms with Gasteiger partial charge < -0.3 is 0 Å². The first-order chi connectivity index (χ1) is 8.29. The molecule has 0 spiro atoms. The number of hydrogen-bond donors (Lipinski definition) is 0. The molecule has 2 aliphatic heterocycles. The minimum atomic E-state index is -1.41. The summed E-state index contributed by atoms with van der Waals surface area (Å²) in [4.78, 5) is 0. The number of fused-ring (bicyclic) bond motifs is 2. The summed E-state index contributed by atoms with van der Waals surface area (Å²) in [6.07, 6.45) is 7.02. The lowest BCUT2D eigenvalue weighted by atomic mass is 9.41. The van der Waals surface area contributed by atoms with Gasteiger partial charge in [-0.25, -0.2) is 0 Å². The summed E-state index contributed by atoms with van der Waals surface area (Å²) >= 11 is 0. The van der Waals surface area contributed by atoms with E-state index in [0.717, 1.165) is 11.6 Å². The van der Waals surface area contributed by atoms with Crippen LogP contribution in [0.1, 0.15) is 52.9 Å². The highest BCUT2D eigenvalue weighted by atomic mass is 28.3. The maximum atomic E-state index is 3.74. The van der Waals surface area contributed by atoms with E-state index in [1.807, 2.05) is 0 Å². The van der Waals surface area contributed by atoms with Crippen molar-refractivity contribution < 1.29 is 0 Å². The Balaban J connectivity index is 2.06. The molecule has 0 aliphatic carbocycles. The first kappa shape index (κ1) is 14.3. The fourth-order valence-corrected chi connectivity index (χ4v) is 3.90. The van der Waals surface area contributed by atoms with Crippen LogP contribution in [-0.4, -0.2) is 15.4 Å². The molecule has 3 unspecified atom stereocenters. The summed E-state index contributed by atoms with van der Waals surface area (Å²) in [5.74, 6) is 6.12. The second-order valence-electron chi connectivity index (χ2n) is 7.88. The lowest BCUT2D eigenvalue weighted by molar-refractivity contribution is 0.399. The third-order valence-corrected chi connectivity index (χ3v) is 9.96. The normalized spacial score (nSPS) is 32.2. The van der Waals surface area contributed by atoms with Gasteiger partial charge in [-0.3, -0.25) is 0 Å². The molecule has 2 saturated heterocycles. The van der Waals surface area contributed by atoms with Gasteiger partial charge in [0.15, 0.2) is 0 Å². The standard InChI is InChI=1S/C16H28BSi/c1-16(2,3)18(4,5)12-11-13-9-10-14-7-6-8-15(13)17-14/h13-15H,6-10H2,1-5H3. The van der Waals surface area contributed by atoms with Crippen LogP contribution in [0.5, 0.6) is 0 Å². The van der Waals surface area contributed by atoms with Gasteiger partial charge in [0, 0.05) is 5.92 Å². The highest BCUT2D eigenvalue weighted by Gasteiger charge is 2.36. The van der Waals surface area contributed by atoms with Crippen LogP contribution in [-0.2, 0) is 0 Å². The molecule has 2 bridgehead atoms. The maximum absolute atomic E-state index is 3.74. The second kappa shape index (κ2) is 5.08. The number of hydrogen-bond acceptors (Lipinski definition) is 0. The quantitative estimate of drug-likeness (QED) is 0.428. The van der Waals surface area contributed by atoms with Gasteiger partial charge in [0.05, 0.1) is 0 Å². The molecule has 3 atom stereocenters. The predicted molar refractivity (Wildman–Crippen MR) is 84.8 cm³/mol. The fourth-order valence-electron chi connectivity index (χ4n) is 2.98. The van der Waals surface area contributed by atoms with Crippen LogP contribution in [0, 0.1) is 17.4 Å². The molecule has 2 heteroatoms. The van der Waals surface area contributed by atoms with E-state index in [1.54, 1.807) is 0 Å². The largest absolute Gasteiger partial charge is 0.137 e. The molecule has 1 radical (unpaired) electrons. The maximum Gasteiger partial charge on any atom is 0.137 e. The monoisotopic (exact) mass is 259 g/mol. The van der Waals surface area contributed by atoms with Gasteiger partial charge in [0.2, 0.25) is 0 Å². The van der Waals surface area contributed by atoms with E-state index >= 15 is 0 Å². The van der Waals surface area contributed by atoms with Gasteiger partial charge in [-0.2, -0.15) is 0 Å². The third kappa shape index (κ3) is 3.05. The van der Waals surface area contributed by atoms with E-state index in [1.165, 1.54) is 32.1 Å². The van der Waals surface area contributed by atoms with Crippen LogP contribution in [0.15, 0.2) is 0 Å². The first-order valence-electron chi connectivity index (χ1n) is 7.67. The lowest BCUT2D eigenvalue weighted by Gasteiger charge is -2.38. The van der Waals surface area contributed by atoms with Gasteiger partial charge in [0.25, 0.3) is 0 Å². The zero-order valence-electron chi connectivity index (χ0n) is 12.8. The van der Waals surface area contributed by atoms with Gasteiger partial charge in [-0.1, -0.05) is 71.2 Å². The van der Waals surface area contributed by atoms with Crippen LogP contribution in [0.4, 0.5) is 0 Å². The lowest BCUT2D eigenvalue weighted by Crippen LogP contribution is -2.36. The zero-order valence-corrected chi connectivity index (χ0v) is 13.8. The average Bonchev–Trinajstić information content (AvgIpc) is 2.27. The zero-order chi connectivity index (χ0) is 13.4. The Labute approximate surface area is 116 Å². The van der Waals surface area contributed by atoms with Crippen molar-refractivity contribution in [3.63, 3.8) is 0 Å². The van der Waals surface area contributed by atoms with Crippen molar-refractivity contribution >= 4 is 15.4 Å². The van der Waals surface area contributed by atoms with Crippen LogP contribution in [0.2, 0.25) is 29.8 Å². The Bertz CT molecular complexity index is 356. The van der Waals surface area contributed by atoms with Gasteiger partial charge in [-0.05, 0) is 11.5 Å². The van der Waals surface area contributed by atoms with E-state index in [4.69, 9.17) is 0 Å². The SMILES string of the molecule is CC(C)(C)[Si](C)(C)C#CC1CCC2[B]C1CCC2. The van der Waals surface area contributed by atoms with Crippen molar-refractivity contribution in [3.8, 4) is 11.5 Å². The van der Waals surface area contributed by atoms with Gasteiger partial charge >= 0.3 is 0 Å². The molecule has 0 N–H and O–H groups in total. The van der Waals surface area contributed by atoms with Crippen molar-refractivity contribution in [3.05, 3.63) is 0 Å². The summed E-state index contributed by atoms with van der Waals surface area (Å²) in [5.41, 5.74) is 3.74. The van der Waals surface area contributed by atoms with E-state index in [-0.39, 0.29) is 0 Å². The van der Waals surface area contributed by atoms with E-state index < -0.39 is 8.07 Å². The Morgan fingerprint density at radius 2 is 1.78 bits per heavy atom. The van der Waals surface area contributed by atoms with Crippen LogP contribution < -0.4 is 0 Å². The molecule has 2 rings (SSSR count). The summed E-state index contributed by atoms with van der Waals surface area (Å²) in [6.45, 7) is 11.9. The molecular weight excluding hydrogens is 231 g/mol. The smallest absolute Gasteiger partial charge is 0.131 e.